The van der Waals surface area contributed by atoms with E-state index in [4.69, 9.17) is 5.84 Å². The van der Waals surface area contributed by atoms with Gasteiger partial charge < -0.3 is 10.7 Å². The van der Waals surface area contributed by atoms with E-state index in [-0.39, 0.29) is 0 Å². The van der Waals surface area contributed by atoms with Crippen LogP contribution in [0.5, 0.6) is 0 Å². The summed E-state index contributed by atoms with van der Waals surface area (Å²) >= 11 is 5.29. The number of hydrazine groups is 1. The fraction of sp³-hybridized carbons (Fsp3) is 0.556. The molecule has 1 aromatic heterocycles. The van der Waals surface area contributed by atoms with Crippen LogP contribution in [0.4, 0.5) is 11.6 Å². The lowest BCUT2D eigenvalue weighted by Crippen LogP contribution is -2.20. The van der Waals surface area contributed by atoms with Crippen molar-refractivity contribution in [2.75, 3.05) is 22.2 Å². The number of anilines is 2. The Bertz CT molecular complexity index is 336. The first-order valence-corrected chi connectivity index (χ1v) is 6.95. The summed E-state index contributed by atoms with van der Waals surface area (Å²) in [4.78, 5) is 8.15. The van der Waals surface area contributed by atoms with Gasteiger partial charge in [0.25, 0.3) is 0 Å². The zero-order chi connectivity index (χ0) is 12.0. The summed E-state index contributed by atoms with van der Waals surface area (Å²) in [6, 6.07) is 0.349. The van der Waals surface area contributed by atoms with Gasteiger partial charge in [-0.25, -0.2) is 15.8 Å². The summed E-state index contributed by atoms with van der Waals surface area (Å²) in [6.07, 6.45) is 1.47. The van der Waals surface area contributed by atoms with E-state index in [1.807, 2.05) is 11.8 Å². The first-order chi connectivity index (χ1) is 7.69. The lowest BCUT2D eigenvalue weighted by molar-refractivity contribution is 0.896. The Morgan fingerprint density at radius 1 is 1.50 bits per heavy atom. The molecular weight excluding hydrogens is 290 g/mol. The zero-order valence-corrected chi connectivity index (χ0v) is 11.7. The molecule has 1 aromatic rings. The first kappa shape index (κ1) is 13.5. The molecule has 0 fully saturated rings. The largest absolute Gasteiger partial charge is 0.366 e. The second-order valence-corrected chi connectivity index (χ2v) is 5.35. The Hall–Kier alpha value is -0.530. The van der Waals surface area contributed by atoms with E-state index in [1.54, 1.807) is 0 Å². The molecule has 7 heteroatoms. The zero-order valence-electron chi connectivity index (χ0n) is 9.33. The molecular formula is C9H16BrN5S. The number of nitrogens with two attached hydrogens (primary N) is 1. The van der Waals surface area contributed by atoms with Crippen LogP contribution < -0.4 is 16.6 Å². The van der Waals surface area contributed by atoms with E-state index in [0.29, 0.717) is 11.9 Å². The number of nitrogens with one attached hydrogen (secondary N) is 2. The van der Waals surface area contributed by atoms with Gasteiger partial charge in [-0.3, -0.25) is 0 Å². The van der Waals surface area contributed by atoms with Crippen molar-refractivity contribution in [1.82, 2.24) is 9.97 Å². The van der Waals surface area contributed by atoms with Gasteiger partial charge in [-0.05, 0) is 28.6 Å². The molecule has 0 radical (unpaired) electrons. The van der Waals surface area contributed by atoms with Crippen molar-refractivity contribution in [3.05, 3.63) is 10.8 Å². The number of nitrogens with zero attached hydrogens (tertiary/aromatic N) is 2. The lowest BCUT2D eigenvalue weighted by Gasteiger charge is -2.15. The van der Waals surface area contributed by atoms with Crippen molar-refractivity contribution in [3.63, 3.8) is 0 Å². The van der Waals surface area contributed by atoms with Gasteiger partial charge in [0.1, 0.15) is 16.6 Å². The number of nitrogen functional groups attached to an aromatic ring is 1. The van der Waals surface area contributed by atoms with E-state index in [9.17, 15) is 0 Å². The van der Waals surface area contributed by atoms with Gasteiger partial charge in [0.05, 0.1) is 0 Å². The summed E-state index contributed by atoms with van der Waals surface area (Å²) < 4.78 is 0.755. The molecule has 1 unspecified atom stereocenters. The molecule has 0 aliphatic heterocycles. The Kier molecular flexibility index (Phi) is 5.86. The normalized spacial score (nSPS) is 12.2. The second kappa shape index (κ2) is 6.93. The third kappa shape index (κ3) is 3.80. The molecule has 4 N–H and O–H groups in total. The number of rotatable bonds is 6. The van der Waals surface area contributed by atoms with Crippen LogP contribution in [0, 0.1) is 0 Å². The van der Waals surface area contributed by atoms with Crippen LogP contribution in [-0.4, -0.2) is 27.5 Å². The minimum atomic E-state index is 0.349. The van der Waals surface area contributed by atoms with Crippen molar-refractivity contribution >= 4 is 39.3 Å². The quantitative estimate of drug-likeness (QED) is 0.552. The van der Waals surface area contributed by atoms with Crippen LogP contribution >= 0.6 is 27.7 Å². The van der Waals surface area contributed by atoms with Gasteiger partial charge in [-0.2, -0.15) is 11.8 Å². The third-order valence-corrected chi connectivity index (χ3v) is 3.78. The van der Waals surface area contributed by atoms with Gasteiger partial charge >= 0.3 is 0 Å². The topological polar surface area (TPSA) is 75.9 Å². The number of halogens is 1. The fourth-order valence-corrected chi connectivity index (χ4v) is 2.25. The van der Waals surface area contributed by atoms with Crippen LogP contribution in [-0.2, 0) is 0 Å². The Labute approximate surface area is 108 Å². The lowest BCUT2D eigenvalue weighted by atomic mass is 10.4. The Morgan fingerprint density at radius 3 is 2.81 bits per heavy atom. The van der Waals surface area contributed by atoms with Gasteiger partial charge in [0.2, 0.25) is 0 Å². The molecule has 0 spiro atoms. The highest BCUT2D eigenvalue weighted by Gasteiger charge is 2.10. The highest BCUT2D eigenvalue weighted by Crippen LogP contribution is 2.26. The molecule has 0 saturated heterocycles. The van der Waals surface area contributed by atoms with Gasteiger partial charge in [0, 0.05) is 11.8 Å². The molecule has 1 heterocycles. The maximum Gasteiger partial charge on any atom is 0.159 e. The maximum absolute atomic E-state index is 5.33. The molecule has 0 aliphatic rings. The van der Waals surface area contributed by atoms with E-state index in [2.05, 4.69) is 50.5 Å². The Morgan fingerprint density at radius 2 is 2.19 bits per heavy atom. The summed E-state index contributed by atoms with van der Waals surface area (Å²) in [5.41, 5.74) is 2.51. The van der Waals surface area contributed by atoms with Gasteiger partial charge in [0.15, 0.2) is 5.82 Å². The second-order valence-electron chi connectivity index (χ2n) is 3.23. The minimum absolute atomic E-state index is 0.349. The summed E-state index contributed by atoms with van der Waals surface area (Å²) in [5.74, 6) is 8.82. The molecule has 0 aliphatic carbocycles. The van der Waals surface area contributed by atoms with Crippen LogP contribution in [0.3, 0.4) is 0 Å². The van der Waals surface area contributed by atoms with E-state index >= 15 is 0 Å². The van der Waals surface area contributed by atoms with Gasteiger partial charge in [-0.1, -0.05) is 6.92 Å². The predicted molar refractivity (Wildman–Crippen MR) is 73.6 cm³/mol. The molecule has 0 aromatic carbocycles. The van der Waals surface area contributed by atoms with Crippen LogP contribution in [0.1, 0.15) is 13.8 Å². The average molecular weight is 306 g/mol. The summed E-state index contributed by atoms with van der Waals surface area (Å²) in [6.45, 7) is 4.27. The molecule has 90 valence electrons. The highest BCUT2D eigenvalue weighted by atomic mass is 79.9. The van der Waals surface area contributed by atoms with Gasteiger partial charge in [-0.15, -0.1) is 0 Å². The molecule has 0 bridgehead atoms. The summed E-state index contributed by atoms with van der Waals surface area (Å²) in [7, 11) is 0. The van der Waals surface area contributed by atoms with Crippen molar-refractivity contribution < 1.29 is 0 Å². The maximum atomic E-state index is 5.33. The third-order valence-electron chi connectivity index (χ3n) is 1.88. The summed E-state index contributed by atoms with van der Waals surface area (Å²) in [5, 5.41) is 3.31. The van der Waals surface area contributed by atoms with Crippen molar-refractivity contribution in [3.8, 4) is 0 Å². The average Bonchev–Trinajstić information content (AvgIpc) is 2.29. The van der Waals surface area contributed by atoms with Crippen molar-refractivity contribution in [1.29, 1.82) is 0 Å². The monoisotopic (exact) mass is 305 g/mol. The highest BCUT2D eigenvalue weighted by molar-refractivity contribution is 9.10. The number of hydrogen-bond acceptors (Lipinski definition) is 6. The fourth-order valence-electron chi connectivity index (χ4n) is 1.14. The minimum Gasteiger partial charge on any atom is -0.366 e. The predicted octanol–water partition coefficient (Wildman–Crippen LogP) is 2.08. The number of hydrogen-bond donors (Lipinski definition) is 3. The molecule has 16 heavy (non-hydrogen) atoms. The SMILES string of the molecule is CCSCC(C)Nc1ncnc(NN)c1Br. The smallest absolute Gasteiger partial charge is 0.159 e. The van der Waals surface area contributed by atoms with E-state index in [0.717, 1.165) is 21.8 Å². The van der Waals surface area contributed by atoms with Crippen molar-refractivity contribution in [2.24, 2.45) is 5.84 Å². The van der Waals surface area contributed by atoms with Crippen LogP contribution in [0.15, 0.2) is 10.8 Å². The van der Waals surface area contributed by atoms with Crippen LogP contribution in [0.2, 0.25) is 0 Å². The molecule has 1 atom stereocenters. The van der Waals surface area contributed by atoms with Crippen LogP contribution in [0.25, 0.3) is 0 Å². The van der Waals surface area contributed by atoms with E-state index < -0.39 is 0 Å². The Balaban J connectivity index is 2.66. The first-order valence-electron chi connectivity index (χ1n) is 5.00. The van der Waals surface area contributed by atoms with E-state index in [1.165, 1.54) is 6.33 Å². The van der Waals surface area contributed by atoms with Crippen molar-refractivity contribution in [2.45, 2.75) is 19.9 Å². The molecule has 1 rings (SSSR count). The molecule has 0 amide bonds. The molecule has 0 saturated carbocycles. The molecule has 5 nitrogen and oxygen atoms in total. The standard InChI is InChI=1S/C9H16BrN5S/c1-3-16-4-6(2)14-8-7(10)9(15-11)13-5-12-8/h5-6H,3-4,11H2,1-2H3,(H2,12,13,14,15). The number of thioether (sulfide) groups is 1. The number of aromatic nitrogens is 2.